The highest BCUT2D eigenvalue weighted by molar-refractivity contribution is 5.99. The Morgan fingerprint density at radius 2 is 2.42 bits per heavy atom. The Morgan fingerprint density at radius 1 is 1.58 bits per heavy atom. The van der Waals surface area contributed by atoms with E-state index in [0.717, 1.165) is 13.0 Å². The highest BCUT2D eigenvalue weighted by Crippen LogP contribution is 2.23. The molecule has 0 aliphatic carbocycles. The van der Waals surface area contributed by atoms with Crippen LogP contribution in [0.3, 0.4) is 0 Å². The highest BCUT2D eigenvalue weighted by atomic mass is 16.5. The molecule has 1 saturated heterocycles. The molecule has 1 fully saturated rings. The number of hydrogen-bond acceptors (Lipinski definition) is 5. The minimum atomic E-state index is -0.185. The first kappa shape index (κ1) is 14.0. The zero-order valence-corrected chi connectivity index (χ0v) is 11.4. The number of pyridine rings is 1. The number of aromatic nitrogens is 1. The fourth-order valence-electron chi connectivity index (χ4n) is 2.26. The van der Waals surface area contributed by atoms with Crippen molar-refractivity contribution in [3.63, 3.8) is 0 Å². The van der Waals surface area contributed by atoms with Crippen LogP contribution in [0.25, 0.3) is 0 Å². The monoisotopic (exact) mass is 264 g/mol. The standard InChI is InChI=1S/C14H20N2O3/c1-3-6-15-11-9-19-8-10(11)14(17)13-12(18-2)5-4-7-16-13/h4-5,7,10-11,15H,3,6,8-9H2,1-2H3. The van der Waals surface area contributed by atoms with E-state index in [4.69, 9.17) is 9.47 Å². The predicted molar refractivity (Wildman–Crippen MR) is 71.5 cm³/mol. The molecule has 1 N–H and O–H groups in total. The van der Waals surface area contributed by atoms with Crippen molar-refractivity contribution in [2.45, 2.75) is 19.4 Å². The van der Waals surface area contributed by atoms with Crippen LogP contribution in [0, 0.1) is 5.92 Å². The van der Waals surface area contributed by atoms with E-state index in [1.807, 2.05) is 0 Å². The summed E-state index contributed by atoms with van der Waals surface area (Å²) in [4.78, 5) is 16.7. The molecular formula is C14H20N2O3. The highest BCUT2D eigenvalue weighted by Gasteiger charge is 2.35. The van der Waals surface area contributed by atoms with Crippen LogP contribution in [-0.4, -0.2) is 43.7 Å². The number of carbonyl (C=O) groups excluding carboxylic acids is 1. The third-order valence-electron chi connectivity index (χ3n) is 3.30. The maximum Gasteiger partial charge on any atom is 0.192 e. The molecule has 2 rings (SSSR count). The van der Waals surface area contributed by atoms with Crippen molar-refractivity contribution in [1.29, 1.82) is 0 Å². The van der Waals surface area contributed by atoms with Crippen LogP contribution in [0.2, 0.25) is 0 Å². The number of rotatable bonds is 6. The number of ketones is 1. The van der Waals surface area contributed by atoms with E-state index in [0.29, 0.717) is 24.7 Å². The molecule has 2 unspecified atom stereocenters. The van der Waals surface area contributed by atoms with Crippen LogP contribution >= 0.6 is 0 Å². The van der Waals surface area contributed by atoms with Crippen molar-refractivity contribution in [3.8, 4) is 5.75 Å². The average Bonchev–Trinajstić information content (AvgIpc) is 2.92. The molecule has 0 amide bonds. The van der Waals surface area contributed by atoms with Gasteiger partial charge in [-0.3, -0.25) is 4.79 Å². The first-order valence-electron chi connectivity index (χ1n) is 6.62. The summed E-state index contributed by atoms with van der Waals surface area (Å²) >= 11 is 0. The lowest BCUT2D eigenvalue weighted by atomic mass is 9.95. The molecule has 0 aromatic carbocycles. The topological polar surface area (TPSA) is 60.5 Å². The second kappa shape index (κ2) is 6.63. The van der Waals surface area contributed by atoms with Gasteiger partial charge in [0.05, 0.1) is 26.2 Å². The van der Waals surface area contributed by atoms with E-state index in [9.17, 15) is 4.79 Å². The Labute approximate surface area is 113 Å². The molecule has 2 atom stereocenters. The van der Waals surface area contributed by atoms with Crippen LogP contribution in [0.4, 0.5) is 0 Å². The number of methoxy groups -OCH3 is 1. The molecule has 5 nitrogen and oxygen atoms in total. The fraction of sp³-hybridized carbons (Fsp3) is 0.571. The Morgan fingerprint density at radius 3 is 3.16 bits per heavy atom. The molecule has 0 radical (unpaired) electrons. The summed E-state index contributed by atoms with van der Waals surface area (Å²) in [6.45, 7) is 4.00. The second-order valence-corrected chi connectivity index (χ2v) is 4.62. The van der Waals surface area contributed by atoms with E-state index < -0.39 is 0 Å². The third kappa shape index (κ3) is 3.11. The summed E-state index contributed by atoms with van der Waals surface area (Å²) in [7, 11) is 1.55. The fourth-order valence-corrected chi connectivity index (χ4v) is 2.26. The number of ether oxygens (including phenoxy) is 2. The molecule has 1 aliphatic heterocycles. The van der Waals surface area contributed by atoms with E-state index in [2.05, 4.69) is 17.2 Å². The number of Topliss-reactive ketones (excluding diaryl/α,β-unsaturated/α-hetero) is 1. The summed E-state index contributed by atoms with van der Waals surface area (Å²) < 4.78 is 10.6. The summed E-state index contributed by atoms with van der Waals surface area (Å²) in [5, 5.41) is 3.36. The number of hydrogen-bond donors (Lipinski definition) is 1. The summed E-state index contributed by atoms with van der Waals surface area (Å²) in [6, 6.07) is 3.58. The molecule has 1 aromatic heterocycles. The zero-order valence-electron chi connectivity index (χ0n) is 11.4. The van der Waals surface area contributed by atoms with Gasteiger partial charge in [0.15, 0.2) is 5.78 Å². The van der Waals surface area contributed by atoms with Gasteiger partial charge in [-0.05, 0) is 25.1 Å². The van der Waals surface area contributed by atoms with Gasteiger partial charge >= 0.3 is 0 Å². The molecular weight excluding hydrogens is 244 g/mol. The number of nitrogens with zero attached hydrogens (tertiary/aromatic N) is 1. The minimum absolute atomic E-state index is 0.0106. The molecule has 0 spiro atoms. The Balaban J connectivity index is 2.13. The first-order chi connectivity index (χ1) is 9.27. The van der Waals surface area contributed by atoms with Gasteiger partial charge in [0.25, 0.3) is 0 Å². The zero-order chi connectivity index (χ0) is 13.7. The van der Waals surface area contributed by atoms with Crippen molar-refractivity contribution >= 4 is 5.78 Å². The first-order valence-corrected chi connectivity index (χ1v) is 6.62. The molecule has 5 heteroatoms. The van der Waals surface area contributed by atoms with Gasteiger partial charge < -0.3 is 14.8 Å². The lowest BCUT2D eigenvalue weighted by Crippen LogP contribution is -2.40. The van der Waals surface area contributed by atoms with Gasteiger partial charge in [-0.15, -0.1) is 0 Å². The Hall–Kier alpha value is -1.46. The Kier molecular flexibility index (Phi) is 4.87. The van der Waals surface area contributed by atoms with Crippen LogP contribution in [0.5, 0.6) is 5.75 Å². The van der Waals surface area contributed by atoms with Crippen molar-refractivity contribution in [3.05, 3.63) is 24.0 Å². The van der Waals surface area contributed by atoms with Gasteiger partial charge in [-0.1, -0.05) is 6.92 Å². The lowest BCUT2D eigenvalue weighted by Gasteiger charge is -2.18. The SMILES string of the molecule is CCCNC1COCC1C(=O)c1ncccc1OC. The predicted octanol–water partition coefficient (Wildman–Crippen LogP) is 1.29. The van der Waals surface area contributed by atoms with Gasteiger partial charge in [0.2, 0.25) is 0 Å². The molecule has 19 heavy (non-hydrogen) atoms. The molecule has 2 heterocycles. The van der Waals surface area contributed by atoms with E-state index in [1.54, 1.807) is 25.4 Å². The van der Waals surface area contributed by atoms with Gasteiger partial charge in [0.1, 0.15) is 11.4 Å². The van der Waals surface area contributed by atoms with Crippen LogP contribution in [0.15, 0.2) is 18.3 Å². The molecule has 0 saturated carbocycles. The van der Waals surface area contributed by atoms with Crippen molar-refractivity contribution in [2.24, 2.45) is 5.92 Å². The summed E-state index contributed by atoms with van der Waals surface area (Å²) in [5.41, 5.74) is 0.392. The molecule has 1 aromatic rings. The second-order valence-electron chi connectivity index (χ2n) is 4.62. The van der Waals surface area contributed by atoms with E-state index >= 15 is 0 Å². The van der Waals surface area contributed by atoms with Crippen molar-refractivity contribution in [1.82, 2.24) is 10.3 Å². The summed E-state index contributed by atoms with van der Waals surface area (Å²) in [6.07, 6.45) is 2.64. The lowest BCUT2D eigenvalue weighted by molar-refractivity contribution is 0.0883. The van der Waals surface area contributed by atoms with Crippen molar-refractivity contribution in [2.75, 3.05) is 26.9 Å². The van der Waals surface area contributed by atoms with Gasteiger partial charge in [-0.2, -0.15) is 0 Å². The summed E-state index contributed by atoms with van der Waals surface area (Å²) in [5.74, 6) is 0.326. The van der Waals surface area contributed by atoms with E-state index in [-0.39, 0.29) is 17.7 Å². The normalized spacial score (nSPS) is 22.4. The average molecular weight is 264 g/mol. The minimum Gasteiger partial charge on any atom is -0.494 e. The largest absolute Gasteiger partial charge is 0.494 e. The van der Waals surface area contributed by atoms with Crippen LogP contribution in [-0.2, 0) is 4.74 Å². The van der Waals surface area contributed by atoms with Gasteiger partial charge in [0, 0.05) is 12.2 Å². The van der Waals surface area contributed by atoms with Gasteiger partial charge in [-0.25, -0.2) is 4.98 Å². The number of carbonyl (C=O) groups is 1. The number of nitrogens with one attached hydrogen (secondary N) is 1. The maximum atomic E-state index is 12.5. The molecule has 104 valence electrons. The molecule has 1 aliphatic rings. The third-order valence-corrected chi connectivity index (χ3v) is 3.30. The van der Waals surface area contributed by atoms with Crippen LogP contribution in [0.1, 0.15) is 23.8 Å². The maximum absolute atomic E-state index is 12.5. The molecule has 0 bridgehead atoms. The van der Waals surface area contributed by atoms with Crippen molar-refractivity contribution < 1.29 is 14.3 Å². The Bertz CT molecular complexity index is 436. The van der Waals surface area contributed by atoms with E-state index in [1.165, 1.54) is 0 Å². The smallest absolute Gasteiger partial charge is 0.192 e. The quantitative estimate of drug-likeness (QED) is 0.784. The van der Waals surface area contributed by atoms with Crippen LogP contribution < -0.4 is 10.1 Å².